The summed E-state index contributed by atoms with van der Waals surface area (Å²) in [7, 11) is 1.40. The number of methoxy groups -OCH3 is 1. The van der Waals surface area contributed by atoms with Crippen molar-refractivity contribution in [3.8, 4) is 5.75 Å². The second-order valence-corrected chi connectivity index (χ2v) is 6.19. The molecule has 0 bridgehead atoms. The predicted octanol–water partition coefficient (Wildman–Crippen LogP) is 2.81. The molecule has 3 rings (SSSR count). The molecule has 0 radical (unpaired) electrons. The Bertz CT molecular complexity index is 1030. The third-order valence-corrected chi connectivity index (χ3v) is 4.36. The molecule has 1 N–H and O–H groups in total. The van der Waals surface area contributed by atoms with Gasteiger partial charge in [-0.15, -0.1) is 0 Å². The van der Waals surface area contributed by atoms with Crippen LogP contribution >= 0.6 is 0 Å². The van der Waals surface area contributed by atoms with Crippen LogP contribution in [-0.2, 0) is 11.3 Å². The lowest BCUT2D eigenvalue weighted by Gasteiger charge is -2.15. The lowest BCUT2D eigenvalue weighted by atomic mass is 10.1. The first kappa shape index (κ1) is 18.6. The van der Waals surface area contributed by atoms with Crippen molar-refractivity contribution < 1.29 is 13.9 Å². The Morgan fingerprint density at radius 2 is 2.07 bits per heavy atom. The Balaban J connectivity index is 1.63. The SMILES string of the molecule is COc1ccc(C(C)NC(=O)CCn2cnc3ccccc3c2=O)cc1F. The maximum atomic E-state index is 13.8. The molecule has 1 unspecified atom stereocenters. The molecule has 0 fully saturated rings. The fourth-order valence-corrected chi connectivity index (χ4v) is 2.84. The third-order valence-electron chi connectivity index (χ3n) is 4.36. The van der Waals surface area contributed by atoms with Crippen LogP contribution in [0.15, 0.2) is 53.6 Å². The van der Waals surface area contributed by atoms with Gasteiger partial charge in [-0.05, 0) is 36.8 Å². The maximum absolute atomic E-state index is 13.8. The topological polar surface area (TPSA) is 73.2 Å². The minimum absolute atomic E-state index is 0.114. The van der Waals surface area contributed by atoms with Crippen LogP contribution in [0.3, 0.4) is 0 Å². The molecule has 0 spiro atoms. The summed E-state index contributed by atoms with van der Waals surface area (Å²) in [5.74, 6) is -0.566. The predicted molar refractivity (Wildman–Crippen MR) is 100 cm³/mol. The molecule has 0 aliphatic rings. The van der Waals surface area contributed by atoms with Gasteiger partial charge in [-0.25, -0.2) is 9.37 Å². The summed E-state index contributed by atoms with van der Waals surface area (Å²) < 4.78 is 20.1. The number of aromatic nitrogens is 2. The molecule has 0 aliphatic carbocycles. The van der Waals surface area contributed by atoms with Crippen molar-refractivity contribution in [2.75, 3.05) is 7.11 Å². The second-order valence-electron chi connectivity index (χ2n) is 6.19. The van der Waals surface area contributed by atoms with Crippen molar-refractivity contribution >= 4 is 16.8 Å². The van der Waals surface area contributed by atoms with E-state index in [1.54, 1.807) is 31.2 Å². The standard InChI is InChI=1S/C20H20FN3O3/c1-13(14-7-8-18(27-2)16(21)11-14)23-19(25)9-10-24-12-22-17-6-4-3-5-15(17)20(24)26/h3-8,11-13H,9-10H2,1-2H3,(H,23,25). The van der Waals surface area contributed by atoms with E-state index in [9.17, 15) is 14.0 Å². The molecule has 0 saturated heterocycles. The minimum atomic E-state index is -0.482. The number of carbonyl (C=O) groups excluding carboxylic acids is 1. The number of para-hydroxylation sites is 1. The summed E-state index contributed by atoms with van der Waals surface area (Å²) in [5, 5.41) is 3.32. The molecule has 1 aromatic heterocycles. The van der Waals surface area contributed by atoms with Crippen LogP contribution in [-0.4, -0.2) is 22.6 Å². The molecular weight excluding hydrogens is 349 g/mol. The number of ether oxygens (including phenoxy) is 1. The van der Waals surface area contributed by atoms with Gasteiger partial charge in [-0.3, -0.25) is 14.2 Å². The number of amides is 1. The van der Waals surface area contributed by atoms with Gasteiger partial charge < -0.3 is 10.1 Å². The van der Waals surface area contributed by atoms with Crippen molar-refractivity contribution in [3.05, 3.63) is 70.5 Å². The van der Waals surface area contributed by atoms with E-state index in [4.69, 9.17) is 4.74 Å². The first-order chi connectivity index (χ1) is 13.0. The lowest BCUT2D eigenvalue weighted by Crippen LogP contribution is -2.29. The van der Waals surface area contributed by atoms with Crippen LogP contribution in [0.4, 0.5) is 4.39 Å². The van der Waals surface area contributed by atoms with Crippen molar-refractivity contribution in [2.45, 2.75) is 25.9 Å². The number of hydrogen-bond acceptors (Lipinski definition) is 4. The number of halogens is 1. The Morgan fingerprint density at radius 3 is 2.81 bits per heavy atom. The molecule has 1 atom stereocenters. The van der Waals surface area contributed by atoms with Gasteiger partial charge in [0.15, 0.2) is 11.6 Å². The van der Waals surface area contributed by atoms with E-state index in [2.05, 4.69) is 10.3 Å². The first-order valence-electron chi connectivity index (χ1n) is 8.56. The van der Waals surface area contributed by atoms with Gasteiger partial charge in [0.1, 0.15) is 0 Å². The minimum Gasteiger partial charge on any atom is -0.494 e. The molecular formula is C20H20FN3O3. The van der Waals surface area contributed by atoms with Gasteiger partial charge in [-0.1, -0.05) is 18.2 Å². The zero-order valence-electron chi connectivity index (χ0n) is 15.1. The second kappa shape index (κ2) is 7.99. The van der Waals surface area contributed by atoms with Crippen LogP contribution in [0, 0.1) is 5.82 Å². The average molecular weight is 369 g/mol. The summed E-state index contributed by atoms with van der Waals surface area (Å²) in [6.07, 6.45) is 1.56. The number of hydrogen-bond donors (Lipinski definition) is 1. The number of benzene rings is 2. The zero-order valence-corrected chi connectivity index (χ0v) is 15.1. The average Bonchev–Trinajstić information content (AvgIpc) is 2.67. The van der Waals surface area contributed by atoms with Crippen LogP contribution < -0.4 is 15.6 Å². The third kappa shape index (κ3) is 4.13. The van der Waals surface area contributed by atoms with Crippen LogP contribution in [0.5, 0.6) is 5.75 Å². The summed E-state index contributed by atoms with van der Waals surface area (Å²) in [5.41, 5.74) is 1.07. The van der Waals surface area contributed by atoms with Gasteiger partial charge in [0.25, 0.3) is 5.56 Å². The molecule has 2 aromatic carbocycles. The van der Waals surface area contributed by atoms with E-state index in [1.807, 2.05) is 6.07 Å². The molecule has 27 heavy (non-hydrogen) atoms. The van der Waals surface area contributed by atoms with Gasteiger partial charge in [0.2, 0.25) is 5.91 Å². The van der Waals surface area contributed by atoms with E-state index in [0.29, 0.717) is 16.5 Å². The number of nitrogens with one attached hydrogen (secondary N) is 1. The Hall–Kier alpha value is -3.22. The molecule has 6 nitrogen and oxygen atoms in total. The summed E-state index contributed by atoms with van der Waals surface area (Å²) in [6.45, 7) is 1.98. The highest BCUT2D eigenvalue weighted by Crippen LogP contribution is 2.21. The van der Waals surface area contributed by atoms with E-state index in [1.165, 1.54) is 30.1 Å². The number of rotatable bonds is 6. The molecule has 140 valence electrons. The molecule has 0 saturated carbocycles. The molecule has 7 heteroatoms. The zero-order chi connectivity index (χ0) is 19.4. The summed E-state index contributed by atoms with van der Waals surface area (Å²) >= 11 is 0. The van der Waals surface area contributed by atoms with Gasteiger partial charge in [0.05, 0.1) is 30.4 Å². The molecule has 0 aliphatic heterocycles. The summed E-state index contributed by atoms with van der Waals surface area (Å²) in [6, 6.07) is 11.3. The first-order valence-corrected chi connectivity index (χ1v) is 8.56. The van der Waals surface area contributed by atoms with E-state index in [0.717, 1.165) is 0 Å². The lowest BCUT2D eigenvalue weighted by molar-refractivity contribution is -0.121. The Labute approximate surface area is 155 Å². The monoisotopic (exact) mass is 369 g/mol. The Morgan fingerprint density at radius 1 is 1.30 bits per heavy atom. The number of nitrogens with zero attached hydrogens (tertiary/aromatic N) is 2. The maximum Gasteiger partial charge on any atom is 0.261 e. The van der Waals surface area contributed by atoms with E-state index < -0.39 is 5.82 Å². The highest BCUT2D eigenvalue weighted by molar-refractivity contribution is 5.77. The normalized spacial score (nSPS) is 12.0. The van der Waals surface area contributed by atoms with Crippen LogP contribution in [0.25, 0.3) is 10.9 Å². The van der Waals surface area contributed by atoms with Gasteiger partial charge >= 0.3 is 0 Å². The number of carbonyl (C=O) groups is 1. The molecule has 1 amide bonds. The van der Waals surface area contributed by atoms with Gasteiger partial charge in [-0.2, -0.15) is 0 Å². The highest BCUT2D eigenvalue weighted by Gasteiger charge is 2.13. The summed E-state index contributed by atoms with van der Waals surface area (Å²) in [4.78, 5) is 28.9. The smallest absolute Gasteiger partial charge is 0.261 e. The number of aryl methyl sites for hydroxylation is 1. The quantitative estimate of drug-likeness (QED) is 0.725. The largest absolute Gasteiger partial charge is 0.494 e. The van der Waals surface area contributed by atoms with Crippen LogP contribution in [0.2, 0.25) is 0 Å². The van der Waals surface area contributed by atoms with Crippen molar-refractivity contribution in [3.63, 3.8) is 0 Å². The Kier molecular flexibility index (Phi) is 5.49. The van der Waals surface area contributed by atoms with Crippen molar-refractivity contribution in [2.24, 2.45) is 0 Å². The molecule has 3 aromatic rings. The van der Waals surface area contributed by atoms with Crippen molar-refractivity contribution in [1.82, 2.24) is 14.9 Å². The molecule has 1 heterocycles. The fraction of sp³-hybridized carbons (Fsp3) is 0.250. The van der Waals surface area contributed by atoms with Crippen LogP contribution in [0.1, 0.15) is 24.9 Å². The fourth-order valence-electron chi connectivity index (χ4n) is 2.84. The van der Waals surface area contributed by atoms with E-state index >= 15 is 0 Å². The highest BCUT2D eigenvalue weighted by atomic mass is 19.1. The van der Waals surface area contributed by atoms with Gasteiger partial charge in [0, 0.05) is 13.0 Å². The number of fused-ring (bicyclic) bond motifs is 1. The van der Waals surface area contributed by atoms with E-state index in [-0.39, 0.29) is 36.2 Å². The van der Waals surface area contributed by atoms with Crippen molar-refractivity contribution in [1.29, 1.82) is 0 Å².